The van der Waals surface area contributed by atoms with E-state index in [9.17, 15) is 0 Å². The minimum Gasteiger partial charge on any atom is -0.497 e. The number of methoxy groups -OCH3 is 1. The summed E-state index contributed by atoms with van der Waals surface area (Å²) in [6.07, 6.45) is 6.45. The molecule has 1 aromatic heterocycles. The van der Waals surface area contributed by atoms with Crippen molar-refractivity contribution in [2.75, 3.05) is 7.11 Å². The predicted molar refractivity (Wildman–Crippen MR) is 82.8 cm³/mol. The van der Waals surface area contributed by atoms with Gasteiger partial charge in [-0.15, -0.1) is 0 Å². The van der Waals surface area contributed by atoms with E-state index in [4.69, 9.17) is 10.5 Å². The number of aromatic nitrogens is 1. The second-order valence-electron chi connectivity index (χ2n) is 5.37. The molecule has 0 bridgehead atoms. The van der Waals surface area contributed by atoms with Gasteiger partial charge in [-0.25, -0.2) is 0 Å². The standard InChI is InChI=1S/C16H17BrN2O/c1-20-14-3-2-12-4-5-16(18,15(12)7-14)8-11-6-13(17)10-19-9-11/h2-3,6-7,9-10H,4-5,8,18H2,1H3. The van der Waals surface area contributed by atoms with Crippen LogP contribution < -0.4 is 10.5 Å². The van der Waals surface area contributed by atoms with Crippen LogP contribution in [0.5, 0.6) is 5.75 Å². The second-order valence-corrected chi connectivity index (χ2v) is 6.28. The van der Waals surface area contributed by atoms with E-state index in [1.54, 1.807) is 13.3 Å². The van der Waals surface area contributed by atoms with Crippen molar-refractivity contribution in [1.29, 1.82) is 0 Å². The van der Waals surface area contributed by atoms with Gasteiger partial charge in [0.15, 0.2) is 0 Å². The number of fused-ring (bicyclic) bond motifs is 1. The van der Waals surface area contributed by atoms with Crippen LogP contribution in [-0.2, 0) is 18.4 Å². The molecule has 0 spiro atoms. The Morgan fingerprint density at radius 1 is 1.35 bits per heavy atom. The Morgan fingerprint density at radius 3 is 2.95 bits per heavy atom. The smallest absolute Gasteiger partial charge is 0.119 e. The number of pyridine rings is 1. The summed E-state index contributed by atoms with van der Waals surface area (Å²) in [7, 11) is 1.69. The number of ether oxygens (including phenoxy) is 1. The van der Waals surface area contributed by atoms with Crippen molar-refractivity contribution in [3.8, 4) is 5.75 Å². The normalized spacial score (nSPS) is 20.8. The average molecular weight is 333 g/mol. The lowest BCUT2D eigenvalue weighted by atomic mass is 9.86. The van der Waals surface area contributed by atoms with E-state index in [-0.39, 0.29) is 5.54 Å². The molecule has 0 aliphatic heterocycles. The number of hydrogen-bond acceptors (Lipinski definition) is 3. The zero-order valence-electron chi connectivity index (χ0n) is 11.4. The zero-order chi connectivity index (χ0) is 14.2. The molecular weight excluding hydrogens is 316 g/mol. The molecule has 0 radical (unpaired) electrons. The van der Waals surface area contributed by atoms with Crippen LogP contribution in [-0.4, -0.2) is 12.1 Å². The summed E-state index contributed by atoms with van der Waals surface area (Å²) < 4.78 is 6.32. The lowest BCUT2D eigenvalue weighted by Crippen LogP contribution is -2.36. The lowest BCUT2D eigenvalue weighted by molar-refractivity contribution is 0.407. The highest BCUT2D eigenvalue weighted by atomic mass is 79.9. The molecule has 0 saturated heterocycles. The summed E-state index contributed by atoms with van der Waals surface area (Å²) in [5.41, 5.74) is 10.0. The Kier molecular flexibility index (Phi) is 3.52. The van der Waals surface area contributed by atoms with Crippen molar-refractivity contribution in [2.24, 2.45) is 5.73 Å². The molecule has 2 N–H and O–H groups in total. The fourth-order valence-electron chi connectivity index (χ4n) is 2.96. The summed E-state index contributed by atoms with van der Waals surface area (Å²) in [6, 6.07) is 8.29. The summed E-state index contributed by atoms with van der Waals surface area (Å²) in [5.74, 6) is 0.868. The molecule has 0 saturated carbocycles. The van der Waals surface area contributed by atoms with Gasteiger partial charge in [0, 0.05) is 22.4 Å². The highest BCUT2D eigenvalue weighted by molar-refractivity contribution is 9.10. The first-order valence-corrected chi connectivity index (χ1v) is 7.46. The molecule has 3 rings (SSSR count). The van der Waals surface area contributed by atoms with Crippen LogP contribution >= 0.6 is 15.9 Å². The Labute approximate surface area is 127 Å². The maximum absolute atomic E-state index is 6.68. The number of hydrogen-bond donors (Lipinski definition) is 1. The van der Waals surface area contributed by atoms with E-state index >= 15 is 0 Å². The minimum absolute atomic E-state index is 0.327. The topological polar surface area (TPSA) is 48.1 Å². The maximum Gasteiger partial charge on any atom is 0.119 e. The molecule has 0 amide bonds. The molecule has 4 heteroatoms. The molecule has 2 aromatic rings. The third-order valence-corrected chi connectivity index (χ3v) is 4.41. The second kappa shape index (κ2) is 5.19. The van der Waals surface area contributed by atoms with Crippen LogP contribution in [0.1, 0.15) is 23.1 Å². The van der Waals surface area contributed by atoms with E-state index in [1.165, 1.54) is 11.1 Å². The lowest BCUT2D eigenvalue weighted by Gasteiger charge is -2.26. The van der Waals surface area contributed by atoms with Gasteiger partial charge in [0.1, 0.15) is 5.75 Å². The Balaban J connectivity index is 1.95. The quantitative estimate of drug-likeness (QED) is 0.938. The number of halogens is 1. The van der Waals surface area contributed by atoms with Crippen molar-refractivity contribution in [2.45, 2.75) is 24.8 Å². The van der Waals surface area contributed by atoms with Crippen molar-refractivity contribution >= 4 is 15.9 Å². The van der Waals surface area contributed by atoms with Gasteiger partial charge in [-0.3, -0.25) is 4.98 Å². The number of benzene rings is 1. The largest absolute Gasteiger partial charge is 0.497 e. The van der Waals surface area contributed by atoms with Crippen LogP contribution in [0.25, 0.3) is 0 Å². The monoisotopic (exact) mass is 332 g/mol. The van der Waals surface area contributed by atoms with Gasteiger partial charge in [-0.1, -0.05) is 6.07 Å². The minimum atomic E-state index is -0.327. The zero-order valence-corrected chi connectivity index (χ0v) is 13.0. The number of rotatable bonds is 3. The van der Waals surface area contributed by atoms with Gasteiger partial charge in [-0.05, 0) is 70.1 Å². The molecule has 104 valence electrons. The number of aryl methyl sites for hydroxylation is 1. The molecule has 3 nitrogen and oxygen atoms in total. The van der Waals surface area contributed by atoms with E-state index in [1.807, 2.05) is 12.3 Å². The van der Waals surface area contributed by atoms with E-state index in [0.717, 1.165) is 35.0 Å². The van der Waals surface area contributed by atoms with Gasteiger partial charge in [0.2, 0.25) is 0 Å². The van der Waals surface area contributed by atoms with Crippen LogP contribution in [0.15, 0.2) is 41.1 Å². The Bertz CT molecular complexity index is 644. The van der Waals surface area contributed by atoms with Crippen molar-refractivity contribution in [3.05, 3.63) is 57.8 Å². The van der Waals surface area contributed by atoms with E-state index in [0.29, 0.717) is 0 Å². The van der Waals surface area contributed by atoms with Crippen LogP contribution in [0, 0.1) is 0 Å². The summed E-state index contributed by atoms with van der Waals surface area (Å²) in [4.78, 5) is 4.22. The summed E-state index contributed by atoms with van der Waals surface area (Å²) in [6.45, 7) is 0. The molecule has 1 atom stereocenters. The summed E-state index contributed by atoms with van der Waals surface area (Å²) >= 11 is 3.46. The third kappa shape index (κ3) is 2.45. The van der Waals surface area contributed by atoms with Gasteiger partial charge in [-0.2, -0.15) is 0 Å². The molecule has 1 unspecified atom stereocenters. The molecule has 1 aliphatic carbocycles. The van der Waals surface area contributed by atoms with Crippen molar-refractivity contribution in [3.63, 3.8) is 0 Å². The molecular formula is C16H17BrN2O. The highest BCUT2D eigenvalue weighted by Crippen LogP contribution is 2.39. The third-order valence-electron chi connectivity index (χ3n) is 3.97. The van der Waals surface area contributed by atoms with Gasteiger partial charge < -0.3 is 10.5 Å². The fraction of sp³-hybridized carbons (Fsp3) is 0.312. The first kappa shape index (κ1) is 13.6. The highest BCUT2D eigenvalue weighted by Gasteiger charge is 2.35. The van der Waals surface area contributed by atoms with Gasteiger partial charge >= 0.3 is 0 Å². The Morgan fingerprint density at radius 2 is 2.20 bits per heavy atom. The molecule has 1 aliphatic rings. The predicted octanol–water partition coefficient (Wildman–Crippen LogP) is 3.20. The first-order chi connectivity index (χ1) is 9.60. The van der Waals surface area contributed by atoms with E-state index in [2.05, 4.69) is 39.1 Å². The van der Waals surface area contributed by atoms with Crippen LogP contribution in [0.4, 0.5) is 0 Å². The SMILES string of the molecule is COc1ccc2c(c1)C(N)(Cc1cncc(Br)c1)CC2. The molecule has 0 fully saturated rings. The number of nitrogens with zero attached hydrogens (tertiary/aromatic N) is 1. The van der Waals surface area contributed by atoms with Crippen molar-refractivity contribution in [1.82, 2.24) is 4.98 Å². The summed E-state index contributed by atoms with van der Waals surface area (Å²) in [5, 5.41) is 0. The Hall–Kier alpha value is -1.39. The van der Waals surface area contributed by atoms with Gasteiger partial charge in [0.25, 0.3) is 0 Å². The van der Waals surface area contributed by atoms with E-state index < -0.39 is 0 Å². The van der Waals surface area contributed by atoms with Crippen LogP contribution in [0.2, 0.25) is 0 Å². The van der Waals surface area contributed by atoms with Crippen LogP contribution in [0.3, 0.4) is 0 Å². The molecule has 20 heavy (non-hydrogen) atoms. The van der Waals surface area contributed by atoms with Crippen molar-refractivity contribution < 1.29 is 4.74 Å². The fourth-order valence-corrected chi connectivity index (χ4v) is 3.37. The average Bonchev–Trinajstić information content (AvgIpc) is 2.76. The first-order valence-electron chi connectivity index (χ1n) is 6.66. The number of nitrogens with two attached hydrogens (primary N) is 1. The molecule has 1 aromatic carbocycles. The van der Waals surface area contributed by atoms with Gasteiger partial charge in [0.05, 0.1) is 7.11 Å². The maximum atomic E-state index is 6.68. The molecule has 1 heterocycles.